The van der Waals surface area contributed by atoms with Gasteiger partial charge in [0.15, 0.2) is 0 Å². The lowest BCUT2D eigenvalue weighted by Gasteiger charge is -2.11. The van der Waals surface area contributed by atoms with Gasteiger partial charge in [0.2, 0.25) is 5.88 Å². The molecule has 0 aliphatic heterocycles. The normalized spacial score (nSPS) is 10.4. The number of nitrogens with one attached hydrogen (secondary N) is 1. The highest BCUT2D eigenvalue weighted by Gasteiger charge is 2.23. The molecule has 2 N–H and O–H groups in total. The Morgan fingerprint density at radius 3 is 2.67 bits per heavy atom. The van der Waals surface area contributed by atoms with E-state index in [-0.39, 0.29) is 18.1 Å². The summed E-state index contributed by atoms with van der Waals surface area (Å²) in [6.45, 7) is 2.21. The molecule has 2 rings (SSSR count). The van der Waals surface area contributed by atoms with Crippen molar-refractivity contribution in [3.63, 3.8) is 0 Å². The van der Waals surface area contributed by atoms with E-state index in [1.165, 1.54) is 4.79 Å². The molecule has 112 valence electrons. The number of aryl methyl sites for hydroxylation is 1. The van der Waals surface area contributed by atoms with Crippen molar-refractivity contribution >= 4 is 11.7 Å². The molecule has 21 heavy (non-hydrogen) atoms. The summed E-state index contributed by atoms with van der Waals surface area (Å²) in [5.41, 5.74) is 4.17. The number of benzene rings is 1. The monoisotopic (exact) mass is 291 g/mol. The molecule has 0 atom stereocenters. The van der Waals surface area contributed by atoms with Crippen LogP contribution in [0.25, 0.3) is 0 Å². The summed E-state index contributed by atoms with van der Waals surface area (Å²) in [5, 5.41) is 13.5. The van der Waals surface area contributed by atoms with Crippen LogP contribution in [0.15, 0.2) is 30.3 Å². The van der Waals surface area contributed by atoms with Crippen LogP contribution in [-0.4, -0.2) is 41.3 Å². The van der Waals surface area contributed by atoms with Gasteiger partial charge in [-0.25, -0.2) is 4.79 Å². The number of carboxylic acid groups (broad SMARTS) is 1. The quantitative estimate of drug-likeness (QED) is 0.756. The van der Waals surface area contributed by atoms with Crippen molar-refractivity contribution in [1.29, 1.82) is 0 Å². The van der Waals surface area contributed by atoms with E-state index in [4.69, 9.17) is 9.47 Å². The average molecular weight is 291 g/mol. The van der Waals surface area contributed by atoms with Gasteiger partial charge in [0.05, 0.1) is 18.0 Å². The zero-order valence-corrected chi connectivity index (χ0v) is 11.9. The van der Waals surface area contributed by atoms with E-state index in [1.807, 2.05) is 30.3 Å². The Morgan fingerprint density at radius 2 is 2.05 bits per heavy atom. The van der Waals surface area contributed by atoms with E-state index < -0.39 is 5.97 Å². The van der Waals surface area contributed by atoms with Crippen molar-refractivity contribution in [2.75, 3.05) is 25.7 Å². The molecule has 1 aromatic carbocycles. The van der Waals surface area contributed by atoms with Crippen molar-refractivity contribution in [1.82, 2.24) is 9.89 Å². The molecule has 0 saturated heterocycles. The minimum absolute atomic E-state index is 0.0366. The molecular weight excluding hydrogens is 274 g/mol. The van der Waals surface area contributed by atoms with Gasteiger partial charge in [-0.15, -0.1) is 4.79 Å². The van der Waals surface area contributed by atoms with E-state index in [0.717, 1.165) is 5.69 Å². The van der Waals surface area contributed by atoms with E-state index in [0.29, 0.717) is 12.3 Å². The number of rotatable bonds is 7. The summed E-state index contributed by atoms with van der Waals surface area (Å²) in [6.07, 6.45) is 0. The van der Waals surface area contributed by atoms with E-state index in [1.54, 1.807) is 14.0 Å². The third kappa shape index (κ3) is 3.51. The summed E-state index contributed by atoms with van der Waals surface area (Å²) in [5.74, 6) is -0.929. The molecule has 0 bridgehead atoms. The first kappa shape index (κ1) is 14.9. The van der Waals surface area contributed by atoms with Crippen molar-refractivity contribution in [2.24, 2.45) is 0 Å². The molecule has 0 saturated carbocycles. The van der Waals surface area contributed by atoms with Gasteiger partial charge in [-0.3, -0.25) is 5.43 Å². The van der Waals surface area contributed by atoms with Crippen LogP contribution in [0.5, 0.6) is 5.88 Å². The fourth-order valence-electron chi connectivity index (χ4n) is 1.82. The number of anilines is 1. The first-order valence-corrected chi connectivity index (χ1v) is 6.40. The standard InChI is InChI=1S/C14H17N3O4/c1-10-12(14(18)19)13(21-9-8-20-2)17(15-10)16-11-6-4-3-5-7-11/h3-7,16H,8-9H2,1-2H3,(H,18,19). The van der Waals surface area contributed by atoms with Crippen molar-refractivity contribution in [3.05, 3.63) is 41.6 Å². The van der Waals surface area contributed by atoms with Crippen LogP contribution in [0.2, 0.25) is 0 Å². The first-order valence-electron chi connectivity index (χ1n) is 6.40. The van der Waals surface area contributed by atoms with Crippen LogP contribution >= 0.6 is 0 Å². The van der Waals surface area contributed by atoms with Crippen LogP contribution < -0.4 is 10.2 Å². The molecule has 0 aliphatic rings. The smallest absolute Gasteiger partial charge is 0.343 e. The maximum absolute atomic E-state index is 11.3. The molecule has 0 unspecified atom stereocenters. The SMILES string of the molecule is COCCOc1c(C(=O)O)c(C)nn1Nc1ccccc1. The second-order valence-electron chi connectivity index (χ2n) is 4.30. The fourth-order valence-corrected chi connectivity index (χ4v) is 1.82. The Morgan fingerprint density at radius 1 is 1.33 bits per heavy atom. The largest absolute Gasteiger partial charge is 0.477 e. The fraction of sp³-hybridized carbons (Fsp3) is 0.286. The Hall–Kier alpha value is -2.54. The van der Waals surface area contributed by atoms with Gasteiger partial charge in [-0.05, 0) is 19.1 Å². The van der Waals surface area contributed by atoms with Crippen molar-refractivity contribution < 1.29 is 19.4 Å². The highest BCUT2D eigenvalue weighted by molar-refractivity contribution is 5.91. The number of nitrogens with zero attached hydrogens (tertiary/aromatic N) is 2. The number of hydrogen-bond acceptors (Lipinski definition) is 5. The molecule has 1 aromatic heterocycles. The lowest BCUT2D eigenvalue weighted by molar-refractivity contribution is 0.0688. The molecule has 7 nitrogen and oxygen atoms in total. The van der Waals surface area contributed by atoms with Crippen LogP contribution in [0.3, 0.4) is 0 Å². The van der Waals surface area contributed by atoms with Gasteiger partial charge >= 0.3 is 5.97 Å². The number of aromatic carboxylic acids is 1. The summed E-state index contributed by atoms with van der Waals surface area (Å²) in [4.78, 5) is 12.7. The molecule has 0 aliphatic carbocycles. The lowest BCUT2D eigenvalue weighted by atomic mass is 10.2. The molecule has 1 heterocycles. The third-order valence-electron chi connectivity index (χ3n) is 2.77. The summed E-state index contributed by atoms with van der Waals surface area (Å²) in [7, 11) is 1.55. The summed E-state index contributed by atoms with van der Waals surface area (Å²) in [6, 6.07) is 9.30. The van der Waals surface area contributed by atoms with E-state index >= 15 is 0 Å². The zero-order chi connectivity index (χ0) is 15.2. The second-order valence-corrected chi connectivity index (χ2v) is 4.30. The van der Waals surface area contributed by atoms with Gasteiger partial charge in [0, 0.05) is 7.11 Å². The lowest BCUT2D eigenvalue weighted by Crippen LogP contribution is -2.16. The predicted octanol–water partition coefficient (Wildman–Crippen LogP) is 1.79. The minimum Gasteiger partial charge on any atom is -0.477 e. The van der Waals surface area contributed by atoms with Crippen LogP contribution in [0, 0.1) is 6.92 Å². The van der Waals surface area contributed by atoms with Crippen molar-refractivity contribution in [2.45, 2.75) is 6.92 Å². The van der Waals surface area contributed by atoms with Gasteiger partial charge < -0.3 is 14.6 Å². The number of para-hydroxylation sites is 1. The summed E-state index contributed by atoms with van der Waals surface area (Å²) >= 11 is 0. The first-order chi connectivity index (χ1) is 10.1. The van der Waals surface area contributed by atoms with Crippen LogP contribution in [0.1, 0.15) is 16.1 Å². The molecule has 0 amide bonds. The molecule has 0 radical (unpaired) electrons. The number of hydrogen-bond donors (Lipinski definition) is 2. The molecule has 7 heteroatoms. The van der Waals surface area contributed by atoms with Gasteiger partial charge in [-0.2, -0.15) is 5.10 Å². The Balaban J connectivity index is 2.30. The number of methoxy groups -OCH3 is 1. The third-order valence-corrected chi connectivity index (χ3v) is 2.77. The second kappa shape index (κ2) is 6.76. The van der Waals surface area contributed by atoms with Gasteiger partial charge in [-0.1, -0.05) is 18.2 Å². The van der Waals surface area contributed by atoms with Crippen LogP contribution in [0.4, 0.5) is 5.69 Å². The number of carboxylic acids is 1. The number of aromatic nitrogens is 2. The Kier molecular flexibility index (Phi) is 4.78. The maximum atomic E-state index is 11.3. The summed E-state index contributed by atoms with van der Waals surface area (Å²) < 4.78 is 10.4. The predicted molar refractivity (Wildman–Crippen MR) is 76.8 cm³/mol. The highest BCUT2D eigenvalue weighted by Crippen LogP contribution is 2.22. The number of ether oxygens (including phenoxy) is 2. The topological polar surface area (TPSA) is 85.6 Å². The molecular formula is C14H17N3O4. The van der Waals surface area contributed by atoms with E-state index in [9.17, 15) is 9.90 Å². The average Bonchev–Trinajstić information content (AvgIpc) is 2.76. The Labute approximate surface area is 122 Å². The molecule has 0 fully saturated rings. The molecule has 0 spiro atoms. The van der Waals surface area contributed by atoms with Gasteiger partial charge in [0.1, 0.15) is 12.2 Å². The van der Waals surface area contributed by atoms with Gasteiger partial charge in [0.25, 0.3) is 0 Å². The zero-order valence-electron chi connectivity index (χ0n) is 11.9. The van der Waals surface area contributed by atoms with Crippen LogP contribution in [-0.2, 0) is 4.74 Å². The minimum atomic E-state index is -1.08. The Bertz CT molecular complexity index is 610. The highest BCUT2D eigenvalue weighted by atomic mass is 16.5. The van der Waals surface area contributed by atoms with E-state index in [2.05, 4.69) is 10.5 Å². The van der Waals surface area contributed by atoms with Crippen molar-refractivity contribution in [3.8, 4) is 5.88 Å². The molecule has 2 aromatic rings. The maximum Gasteiger partial charge on any atom is 0.343 e. The number of carbonyl (C=O) groups is 1.